The molecule has 18 heavy (non-hydrogen) atoms. The topological polar surface area (TPSA) is 106 Å². The maximum atomic E-state index is 11.9. The van der Waals surface area contributed by atoms with Crippen LogP contribution in [0.15, 0.2) is 6.20 Å². The molecule has 1 aliphatic heterocycles. The Kier molecular flexibility index (Phi) is 3.28. The minimum absolute atomic E-state index is 0.101. The van der Waals surface area contributed by atoms with Gasteiger partial charge in [0.25, 0.3) is 5.91 Å². The first-order chi connectivity index (χ1) is 8.48. The molecule has 1 aromatic rings. The van der Waals surface area contributed by atoms with Crippen LogP contribution in [0.2, 0.25) is 0 Å². The van der Waals surface area contributed by atoms with Crippen LogP contribution in [0.3, 0.4) is 0 Å². The normalized spacial score (nSPS) is 22.9. The summed E-state index contributed by atoms with van der Waals surface area (Å²) in [6, 6.07) is 0. The highest BCUT2D eigenvalue weighted by Crippen LogP contribution is 2.17. The molecule has 1 saturated heterocycles. The molecular formula is C10H14N4O4. The number of ether oxygens (including phenoxy) is 1. The molecule has 0 spiro atoms. The average molecular weight is 254 g/mol. The van der Waals surface area contributed by atoms with E-state index in [0.717, 1.165) is 11.1 Å². The van der Waals surface area contributed by atoms with Gasteiger partial charge in [0.05, 0.1) is 18.3 Å². The summed E-state index contributed by atoms with van der Waals surface area (Å²) in [5, 5.41) is 18.6. The summed E-state index contributed by atoms with van der Waals surface area (Å²) >= 11 is 0. The lowest BCUT2D eigenvalue weighted by Crippen LogP contribution is -2.46. The maximum absolute atomic E-state index is 11.9. The zero-order valence-corrected chi connectivity index (χ0v) is 9.92. The molecular weight excluding hydrogens is 240 g/mol. The number of carbonyl (C=O) groups is 2. The number of hydrogen-bond acceptors (Lipinski definition) is 5. The van der Waals surface area contributed by atoms with Crippen LogP contribution in [-0.4, -0.2) is 50.7 Å². The van der Waals surface area contributed by atoms with Crippen molar-refractivity contribution < 1.29 is 19.4 Å². The second kappa shape index (κ2) is 4.73. The number of amides is 1. The zero-order chi connectivity index (χ0) is 13.2. The van der Waals surface area contributed by atoms with Crippen molar-refractivity contribution in [1.29, 1.82) is 0 Å². The van der Waals surface area contributed by atoms with E-state index in [1.54, 1.807) is 0 Å². The molecule has 0 saturated carbocycles. The zero-order valence-electron chi connectivity index (χ0n) is 9.92. The van der Waals surface area contributed by atoms with E-state index in [-0.39, 0.29) is 18.1 Å². The molecule has 0 aliphatic carbocycles. The Balaban J connectivity index is 2.00. The third kappa shape index (κ3) is 2.83. The molecule has 1 fully saturated rings. The largest absolute Gasteiger partial charge is 0.480 e. The molecule has 1 unspecified atom stereocenters. The Morgan fingerprint density at radius 3 is 3.06 bits per heavy atom. The van der Waals surface area contributed by atoms with Gasteiger partial charge in [-0.3, -0.25) is 9.59 Å². The van der Waals surface area contributed by atoms with Gasteiger partial charge in [-0.05, 0) is 13.3 Å². The van der Waals surface area contributed by atoms with Crippen molar-refractivity contribution in [3.63, 3.8) is 0 Å². The van der Waals surface area contributed by atoms with Crippen molar-refractivity contribution in [1.82, 2.24) is 20.3 Å². The number of nitrogens with one attached hydrogen (secondary N) is 1. The van der Waals surface area contributed by atoms with Crippen LogP contribution >= 0.6 is 0 Å². The molecule has 0 radical (unpaired) electrons. The molecule has 8 heteroatoms. The van der Waals surface area contributed by atoms with Crippen molar-refractivity contribution in [2.24, 2.45) is 0 Å². The highest BCUT2D eigenvalue weighted by Gasteiger charge is 2.32. The predicted octanol–water partition coefficient (Wildman–Crippen LogP) is -0.728. The second-order valence-electron chi connectivity index (χ2n) is 4.51. The average Bonchev–Trinajstić information content (AvgIpc) is 2.87. The van der Waals surface area contributed by atoms with Crippen LogP contribution in [0.25, 0.3) is 0 Å². The Bertz CT molecular complexity index is 464. The SMILES string of the molecule is CC1(NC(=O)c2cn(CC(=O)O)nn2)CCOC1. The van der Waals surface area contributed by atoms with Gasteiger partial charge in [-0.1, -0.05) is 5.21 Å². The van der Waals surface area contributed by atoms with Gasteiger partial charge in [0, 0.05) is 6.61 Å². The fourth-order valence-corrected chi connectivity index (χ4v) is 1.72. The third-order valence-electron chi connectivity index (χ3n) is 2.70. The lowest BCUT2D eigenvalue weighted by molar-refractivity contribution is -0.137. The fraction of sp³-hybridized carbons (Fsp3) is 0.600. The first-order valence-electron chi connectivity index (χ1n) is 5.51. The molecule has 8 nitrogen and oxygen atoms in total. The van der Waals surface area contributed by atoms with Gasteiger partial charge >= 0.3 is 5.97 Å². The van der Waals surface area contributed by atoms with E-state index in [1.165, 1.54) is 6.20 Å². The number of aromatic nitrogens is 3. The van der Waals surface area contributed by atoms with E-state index in [1.807, 2.05) is 6.92 Å². The summed E-state index contributed by atoms with van der Waals surface area (Å²) in [5.74, 6) is -1.41. The predicted molar refractivity (Wildman–Crippen MR) is 59.0 cm³/mol. The van der Waals surface area contributed by atoms with E-state index < -0.39 is 11.5 Å². The highest BCUT2D eigenvalue weighted by molar-refractivity contribution is 5.92. The van der Waals surface area contributed by atoms with Gasteiger partial charge in [0.2, 0.25) is 0 Å². The Labute approximate surface area is 103 Å². The van der Waals surface area contributed by atoms with Crippen molar-refractivity contribution in [2.75, 3.05) is 13.2 Å². The highest BCUT2D eigenvalue weighted by atomic mass is 16.5. The molecule has 1 aromatic heterocycles. The van der Waals surface area contributed by atoms with Gasteiger partial charge in [-0.25, -0.2) is 4.68 Å². The lowest BCUT2D eigenvalue weighted by atomic mass is 10.0. The van der Waals surface area contributed by atoms with Crippen LogP contribution in [0.1, 0.15) is 23.8 Å². The second-order valence-corrected chi connectivity index (χ2v) is 4.51. The van der Waals surface area contributed by atoms with E-state index in [2.05, 4.69) is 15.6 Å². The molecule has 2 rings (SSSR count). The summed E-state index contributed by atoms with van der Waals surface area (Å²) in [7, 11) is 0. The van der Waals surface area contributed by atoms with Crippen LogP contribution in [-0.2, 0) is 16.1 Å². The van der Waals surface area contributed by atoms with Gasteiger partial charge in [-0.2, -0.15) is 0 Å². The van der Waals surface area contributed by atoms with E-state index in [0.29, 0.717) is 13.2 Å². The van der Waals surface area contributed by atoms with Gasteiger partial charge in [0.15, 0.2) is 5.69 Å². The van der Waals surface area contributed by atoms with Crippen molar-refractivity contribution in [3.05, 3.63) is 11.9 Å². The molecule has 0 aromatic carbocycles. The summed E-state index contributed by atoms with van der Waals surface area (Å²) in [6.45, 7) is 2.64. The minimum Gasteiger partial charge on any atom is -0.480 e. The number of carbonyl (C=O) groups excluding carboxylic acids is 1. The standard InChI is InChI=1S/C10H14N4O4/c1-10(2-3-18-6-10)11-9(17)7-4-14(13-12-7)5-8(15)16/h4H,2-3,5-6H2,1H3,(H,11,17)(H,15,16). The minimum atomic E-state index is -1.04. The van der Waals surface area contributed by atoms with Crippen molar-refractivity contribution >= 4 is 11.9 Å². The Morgan fingerprint density at radius 2 is 2.44 bits per heavy atom. The van der Waals surface area contributed by atoms with Gasteiger partial charge in [-0.15, -0.1) is 5.10 Å². The van der Waals surface area contributed by atoms with Gasteiger partial charge < -0.3 is 15.2 Å². The molecule has 98 valence electrons. The van der Waals surface area contributed by atoms with Crippen molar-refractivity contribution in [3.8, 4) is 0 Å². The quantitative estimate of drug-likeness (QED) is 0.733. The number of hydrogen-bond donors (Lipinski definition) is 2. The third-order valence-corrected chi connectivity index (χ3v) is 2.70. The number of carboxylic acid groups (broad SMARTS) is 1. The molecule has 1 amide bonds. The van der Waals surface area contributed by atoms with Crippen molar-refractivity contribution in [2.45, 2.75) is 25.4 Å². The smallest absolute Gasteiger partial charge is 0.325 e. The van der Waals surface area contributed by atoms with E-state index in [9.17, 15) is 9.59 Å². The molecule has 0 bridgehead atoms. The van der Waals surface area contributed by atoms with E-state index >= 15 is 0 Å². The number of nitrogens with zero attached hydrogens (tertiary/aromatic N) is 3. The van der Waals surface area contributed by atoms with Crippen LogP contribution in [0.5, 0.6) is 0 Å². The Hall–Kier alpha value is -1.96. The summed E-state index contributed by atoms with van der Waals surface area (Å²) < 4.78 is 6.32. The summed E-state index contributed by atoms with van der Waals surface area (Å²) in [5.41, 5.74) is -0.294. The first kappa shape index (κ1) is 12.5. The molecule has 2 N–H and O–H groups in total. The Morgan fingerprint density at radius 1 is 1.67 bits per heavy atom. The van der Waals surface area contributed by atoms with E-state index in [4.69, 9.17) is 9.84 Å². The van der Waals surface area contributed by atoms with Crippen LogP contribution < -0.4 is 5.32 Å². The summed E-state index contributed by atoms with van der Waals surface area (Å²) in [6.07, 6.45) is 2.05. The lowest BCUT2D eigenvalue weighted by Gasteiger charge is -2.22. The summed E-state index contributed by atoms with van der Waals surface area (Å²) in [4.78, 5) is 22.3. The number of rotatable bonds is 4. The number of carboxylic acids is 1. The van der Waals surface area contributed by atoms with Gasteiger partial charge in [0.1, 0.15) is 6.54 Å². The maximum Gasteiger partial charge on any atom is 0.325 e. The van der Waals surface area contributed by atoms with Crippen LogP contribution in [0, 0.1) is 0 Å². The monoisotopic (exact) mass is 254 g/mol. The molecule has 2 heterocycles. The molecule has 1 aliphatic rings. The fourth-order valence-electron chi connectivity index (χ4n) is 1.72. The number of aliphatic carboxylic acids is 1. The first-order valence-corrected chi connectivity index (χ1v) is 5.51. The molecule has 1 atom stereocenters. The van der Waals surface area contributed by atoms with Crippen LogP contribution in [0.4, 0.5) is 0 Å².